The first-order valence-corrected chi connectivity index (χ1v) is 12.2. The average Bonchev–Trinajstić information content (AvgIpc) is 3.25. The molecule has 0 aliphatic carbocycles. The molecule has 1 N–H and O–H groups in total. The third-order valence-corrected chi connectivity index (χ3v) is 7.71. The van der Waals surface area contributed by atoms with E-state index in [0.717, 1.165) is 64.5 Å². The molecule has 3 aliphatic heterocycles. The molecule has 176 valence electrons. The Hall–Kier alpha value is -2.99. The Balaban J connectivity index is 1.22. The predicted octanol–water partition coefficient (Wildman–Crippen LogP) is 2.39. The highest BCUT2D eigenvalue weighted by Crippen LogP contribution is 2.30. The zero-order valence-electron chi connectivity index (χ0n) is 19.5. The van der Waals surface area contributed by atoms with Crippen LogP contribution in [-0.2, 0) is 19.5 Å². The summed E-state index contributed by atoms with van der Waals surface area (Å²) in [5.41, 5.74) is 5.86. The molecule has 7 nitrogen and oxygen atoms in total. The standard InChI is InChI=1S/C26H30FN7/c1-18-14-32(25-5-4-22(11-28)34-26(25)24(27)13-30-34)17-23-16-31(8-9-33(18)23)15-19-2-3-20-6-7-29-12-21(20)10-19/h2-5,10,13,18,23,29H,6-9,12,14-17H2,1H3/t18-,23+/m1/s1. The summed E-state index contributed by atoms with van der Waals surface area (Å²) < 4.78 is 16.1. The van der Waals surface area contributed by atoms with E-state index >= 15 is 0 Å². The number of hydrogen-bond acceptors (Lipinski definition) is 6. The van der Waals surface area contributed by atoms with E-state index in [-0.39, 0.29) is 5.82 Å². The third-order valence-electron chi connectivity index (χ3n) is 7.71. The smallest absolute Gasteiger partial charge is 0.171 e. The normalized spacial score (nSPS) is 23.5. The Labute approximate surface area is 199 Å². The quantitative estimate of drug-likeness (QED) is 0.649. The maximum absolute atomic E-state index is 14.7. The highest BCUT2D eigenvalue weighted by Gasteiger charge is 2.37. The van der Waals surface area contributed by atoms with Crippen molar-refractivity contribution in [1.82, 2.24) is 24.7 Å². The number of nitriles is 1. The average molecular weight is 460 g/mol. The van der Waals surface area contributed by atoms with E-state index in [2.05, 4.69) is 56.3 Å². The molecule has 2 fully saturated rings. The number of nitrogens with one attached hydrogen (secondary N) is 1. The van der Waals surface area contributed by atoms with Gasteiger partial charge in [-0.1, -0.05) is 18.2 Å². The second kappa shape index (κ2) is 8.66. The van der Waals surface area contributed by atoms with Crippen LogP contribution in [0.5, 0.6) is 0 Å². The predicted molar refractivity (Wildman–Crippen MR) is 129 cm³/mol. The molecule has 3 aromatic rings. The van der Waals surface area contributed by atoms with Crippen molar-refractivity contribution < 1.29 is 4.39 Å². The second-order valence-corrected chi connectivity index (χ2v) is 9.88. The molecule has 2 atom stereocenters. The van der Waals surface area contributed by atoms with Crippen molar-refractivity contribution in [3.63, 3.8) is 0 Å². The highest BCUT2D eigenvalue weighted by molar-refractivity contribution is 5.75. The molecule has 5 heterocycles. The Morgan fingerprint density at radius 1 is 1.15 bits per heavy atom. The summed E-state index contributed by atoms with van der Waals surface area (Å²) in [4.78, 5) is 7.45. The molecule has 8 heteroatoms. The zero-order valence-corrected chi connectivity index (χ0v) is 19.5. The molecule has 2 saturated heterocycles. The number of benzene rings is 1. The van der Waals surface area contributed by atoms with Gasteiger partial charge in [0.1, 0.15) is 17.3 Å². The molecular formula is C26H30FN7. The van der Waals surface area contributed by atoms with Gasteiger partial charge in [0.25, 0.3) is 0 Å². The third kappa shape index (κ3) is 3.74. The van der Waals surface area contributed by atoms with E-state index < -0.39 is 0 Å². The van der Waals surface area contributed by atoms with Crippen LogP contribution in [0.2, 0.25) is 0 Å². The largest absolute Gasteiger partial charge is 0.367 e. The first kappa shape index (κ1) is 21.5. The molecule has 0 spiro atoms. The number of fused-ring (bicyclic) bond motifs is 3. The second-order valence-electron chi connectivity index (χ2n) is 9.88. The Morgan fingerprint density at radius 3 is 2.94 bits per heavy atom. The van der Waals surface area contributed by atoms with Gasteiger partial charge in [-0.15, -0.1) is 0 Å². The van der Waals surface area contributed by atoms with Crippen LogP contribution in [-0.4, -0.2) is 70.8 Å². The van der Waals surface area contributed by atoms with Gasteiger partial charge in [0.15, 0.2) is 5.82 Å². The molecule has 0 amide bonds. The van der Waals surface area contributed by atoms with E-state index in [0.29, 0.717) is 23.3 Å². The van der Waals surface area contributed by atoms with Gasteiger partial charge in [0.05, 0.1) is 11.9 Å². The number of nitrogens with zero attached hydrogens (tertiary/aromatic N) is 6. The van der Waals surface area contributed by atoms with Crippen LogP contribution in [0.3, 0.4) is 0 Å². The minimum absolute atomic E-state index is 0.346. The van der Waals surface area contributed by atoms with E-state index in [4.69, 9.17) is 0 Å². The fourth-order valence-corrected chi connectivity index (χ4v) is 6.05. The van der Waals surface area contributed by atoms with Crippen molar-refractivity contribution >= 4 is 11.2 Å². The van der Waals surface area contributed by atoms with Gasteiger partial charge in [0.2, 0.25) is 0 Å². The van der Waals surface area contributed by atoms with Crippen LogP contribution >= 0.6 is 0 Å². The molecule has 6 rings (SSSR count). The van der Waals surface area contributed by atoms with E-state index in [1.54, 1.807) is 6.07 Å². The van der Waals surface area contributed by atoms with Crippen LogP contribution in [0.25, 0.3) is 5.52 Å². The molecule has 0 radical (unpaired) electrons. The molecule has 0 saturated carbocycles. The van der Waals surface area contributed by atoms with Gasteiger partial charge < -0.3 is 10.2 Å². The van der Waals surface area contributed by atoms with Crippen LogP contribution < -0.4 is 10.2 Å². The number of halogens is 1. The topological polar surface area (TPSA) is 62.8 Å². The number of pyridine rings is 1. The number of rotatable bonds is 3. The first-order valence-electron chi connectivity index (χ1n) is 12.2. The van der Waals surface area contributed by atoms with Crippen molar-refractivity contribution in [2.75, 3.05) is 44.2 Å². The molecule has 34 heavy (non-hydrogen) atoms. The number of anilines is 1. The lowest BCUT2D eigenvalue weighted by atomic mass is 9.97. The van der Waals surface area contributed by atoms with Crippen molar-refractivity contribution in [2.45, 2.75) is 38.5 Å². The summed E-state index contributed by atoms with van der Waals surface area (Å²) in [7, 11) is 0. The van der Waals surface area contributed by atoms with Crippen molar-refractivity contribution in [1.29, 1.82) is 5.26 Å². The lowest BCUT2D eigenvalue weighted by molar-refractivity contribution is 0.0317. The van der Waals surface area contributed by atoms with Gasteiger partial charge in [0, 0.05) is 57.9 Å². The van der Waals surface area contributed by atoms with Crippen LogP contribution in [0.4, 0.5) is 10.1 Å². The minimum atomic E-state index is -0.380. The SMILES string of the molecule is C[C@@H]1CN(c2ccc(C#N)n3ncc(F)c23)C[C@@H]2CN(Cc3ccc4c(c3)CNCC4)CCN21. The minimum Gasteiger partial charge on any atom is -0.367 e. The summed E-state index contributed by atoms with van der Waals surface area (Å²) in [5, 5.41) is 17.0. The molecule has 3 aliphatic rings. The first-order chi connectivity index (χ1) is 16.6. The molecular weight excluding hydrogens is 429 g/mol. The van der Waals surface area contributed by atoms with Gasteiger partial charge in [-0.2, -0.15) is 10.4 Å². The van der Waals surface area contributed by atoms with E-state index in [1.807, 2.05) is 6.07 Å². The Bertz CT molecular complexity index is 1260. The van der Waals surface area contributed by atoms with Gasteiger partial charge in [-0.3, -0.25) is 9.80 Å². The van der Waals surface area contributed by atoms with Crippen molar-refractivity contribution in [2.24, 2.45) is 0 Å². The van der Waals surface area contributed by atoms with Crippen molar-refractivity contribution in [3.05, 3.63) is 64.7 Å². The maximum atomic E-state index is 14.7. The fourth-order valence-electron chi connectivity index (χ4n) is 6.05. The highest BCUT2D eigenvalue weighted by atomic mass is 19.1. The van der Waals surface area contributed by atoms with Gasteiger partial charge in [-0.05, 0) is 48.7 Å². The lowest BCUT2D eigenvalue weighted by Crippen LogP contribution is -2.65. The Kier molecular flexibility index (Phi) is 5.48. The number of aromatic nitrogens is 2. The monoisotopic (exact) mass is 459 g/mol. The summed E-state index contributed by atoms with van der Waals surface area (Å²) in [6.45, 7) is 10.0. The number of hydrogen-bond donors (Lipinski definition) is 1. The van der Waals surface area contributed by atoms with Crippen LogP contribution in [0.15, 0.2) is 36.5 Å². The lowest BCUT2D eigenvalue weighted by Gasteiger charge is -2.51. The van der Waals surface area contributed by atoms with Gasteiger partial charge in [-0.25, -0.2) is 8.91 Å². The molecule has 2 aromatic heterocycles. The van der Waals surface area contributed by atoms with E-state index in [9.17, 15) is 9.65 Å². The fraction of sp³-hybridized carbons (Fsp3) is 0.462. The van der Waals surface area contributed by atoms with Crippen LogP contribution in [0.1, 0.15) is 29.3 Å². The van der Waals surface area contributed by atoms with Gasteiger partial charge >= 0.3 is 0 Å². The zero-order chi connectivity index (χ0) is 23.2. The maximum Gasteiger partial charge on any atom is 0.171 e. The molecule has 1 aromatic carbocycles. The summed E-state index contributed by atoms with van der Waals surface area (Å²) in [6, 6.07) is 13.5. The Morgan fingerprint density at radius 2 is 2.06 bits per heavy atom. The molecule has 0 bridgehead atoms. The van der Waals surface area contributed by atoms with E-state index in [1.165, 1.54) is 27.4 Å². The summed E-state index contributed by atoms with van der Waals surface area (Å²) >= 11 is 0. The summed E-state index contributed by atoms with van der Waals surface area (Å²) in [5.74, 6) is -0.380. The van der Waals surface area contributed by atoms with Crippen LogP contribution in [0, 0.1) is 17.1 Å². The summed E-state index contributed by atoms with van der Waals surface area (Å²) in [6.07, 6.45) is 2.32. The molecule has 0 unspecified atom stereocenters. The number of piperazine rings is 2. The van der Waals surface area contributed by atoms with Crippen molar-refractivity contribution in [3.8, 4) is 6.07 Å².